The Bertz CT molecular complexity index is 562. The van der Waals surface area contributed by atoms with Gasteiger partial charge in [-0.15, -0.1) is 0 Å². The van der Waals surface area contributed by atoms with Gasteiger partial charge in [0.05, 0.1) is 12.1 Å². The Hall–Kier alpha value is -2.08. The monoisotopic (exact) mass is 347 g/mol. The van der Waals surface area contributed by atoms with E-state index in [1.165, 1.54) is 0 Å². The Morgan fingerprint density at radius 2 is 1.72 bits per heavy atom. The minimum atomic E-state index is -0.535. The van der Waals surface area contributed by atoms with Crippen LogP contribution in [0.1, 0.15) is 45.1 Å². The number of nitrogens with one attached hydrogen (secondary N) is 2. The van der Waals surface area contributed by atoms with Gasteiger partial charge in [-0.05, 0) is 24.3 Å². The minimum Gasteiger partial charge on any atom is -0.445 e. The summed E-state index contributed by atoms with van der Waals surface area (Å²) in [7, 11) is 0. The van der Waals surface area contributed by atoms with Crippen molar-refractivity contribution in [3.05, 3.63) is 35.9 Å². The van der Waals surface area contributed by atoms with Gasteiger partial charge in [0.1, 0.15) is 6.61 Å². The summed E-state index contributed by atoms with van der Waals surface area (Å²) in [5.41, 5.74) is 6.85. The summed E-state index contributed by atoms with van der Waals surface area (Å²) >= 11 is 0. The van der Waals surface area contributed by atoms with E-state index >= 15 is 0 Å². The number of carbonyl (C=O) groups excluding carboxylic acids is 2. The number of alkyl carbamates (subject to hydrolysis) is 1. The number of ether oxygens (including phenoxy) is 1. The average Bonchev–Trinajstić information content (AvgIpc) is 2.61. The number of carbonyl (C=O) groups is 2. The number of rotatable bonds is 6. The van der Waals surface area contributed by atoms with E-state index in [4.69, 9.17) is 10.5 Å². The molecule has 0 bridgehead atoms. The van der Waals surface area contributed by atoms with Gasteiger partial charge in [-0.1, -0.05) is 57.0 Å². The van der Waals surface area contributed by atoms with Crippen molar-refractivity contribution in [3.8, 4) is 0 Å². The molecule has 0 spiro atoms. The van der Waals surface area contributed by atoms with Gasteiger partial charge in [-0.3, -0.25) is 4.79 Å². The topological polar surface area (TPSA) is 93.5 Å². The van der Waals surface area contributed by atoms with E-state index in [0.29, 0.717) is 0 Å². The lowest BCUT2D eigenvalue weighted by atomic mass is 9.90. The molecule has 1 aliphatic rings. The standard InChI is InChI=1S/C19H29N3O3/c1-13(2)17(20)18(23)21-15-10-6-7-11-16(15)22-19(24)25-12-14-8-4-3-5-9-14/h3-5,8-9,13,15-17H,6-7,10-12,20H2,1-2H3,(H,21,23)(H,22,24)/t15-,16+,17+/m1/s1. The lowest BCUT2D eigenvalue weighted by molar-refractivity contribution is -0.124. The highest BCUT2D eigenvalue weighted by Crippen LogP contribution is 2.19. The molecule has 3 atom stereocenters. The molecule has 0 radical (unpaired) electrons. The molecule has 138 valence electrons. The lowest BCUT2D eigenvalue weighted by Gasteiger charge is -2.33. The fourth-order valence-electron chi connectivity index (χ4n) is 2.97. The predicted molar refractivity (Wildman–Crippen MR) is 96.8 cm³/mol. The smallest absolute Gasteiger partial charge is 0.407 e. The first kappa shape index (κ1) is 19.2. The first-order valence-electron chi connectivity index (χ1n) is 9.00. The van der Waals surface area contributed by atoms with Gasteiger partial charge in [-0.25, -0.2) is 4.79 Å². The van der Waals surface area contributed by atoms with Crippen LogP contribution in [0.5, 0.6) is 0 Å². The molecule has 1 aromatic rings. The predicted octanol–water partition coefficient (Wildman–Crippen LogP) is 2.32. The van der Waals surface area contributed by atoms with Crippen LogP contribution in [0, 0.1) is 5.92 Å². The van der Waals surface area contributed by atoms with Crippen molar-refractivity contribution in [1.29, 1.82) is 0 Å². The third kappa shape index (κ3) is 6.05. The molecule has 0 heterocycles. The normalized spacial score (nSPS) is 21.4. The first-order valence-corrected chi connectivity index (χ1v) is 9.00. The van der Waals surface area contributed by atoms with Crippen molar-refractivity contribution in [1.82, 2.24) is 10.6 Å². The Morgan fingerprint density at radius 1 is 1.12 bits per heavy atom. The summed E-state index contributed by atoms with van der Waals surface area (Å²) < 4.78 is 5.28. The van der Waals surface area contributed by atoms with Crippen molar-refractivity contribution in [2.24, 2.45) is 11.7 Å². The number of amides is 2. The van der Waals surface area contributed by atoms with Crippen LogP contribution >= 0.6 is 0 Å². The first-order chi connectivity index (χ1) is 12.0. The summed E-state index contributed by atoms with van der Waals surface area (Å²) in [6.45, 7) is 4.07. The second-order valence-corrected chi connectivity index (χ2v) is 6.98. The molecule has 1 fully saturated rings. The molecule has 1 aliphatic carbocycles. The van der Waals surface area contributed by atoms with E-state index in [-0.39, 0.29) is 30.5 Å². The quantitative estimate of drug-likeness (QED) is 0.736. The van der Waals surface area contributed by atoms with Gasteiger partial charge in [0, 0.05) is 6.04 Å². The van der Waals surface area contributed by atoms with Gasteiger partial charge in [0.15, 0.2) is 0 Å². The highest BCUT2D eigenvalue weighted by atomic mass is 16.5. The molecule has 1 aromatic carbocycles. The number of hydrogen-bond donors (Lipinski definition) is 3. The van der Waals surface area contributed by atoms with Crippen LogP contribution in [0.2, 0.25) is 0 Å². The van der Waals surface area contributed by atoms with Crippen molar-refractivity contribution < 1.29 is 14.3 Å². The molecule has 0 saturated heterocycles. The third-order valence-electron chi connectivity index (χ3n) is 4.63. The van der Waals surface area contributed by atoms with E-state index in [2.05, 4.69) is 10.6 Å². The van der Waals surface area contributed by atoms with E-state index in [1.807, 2.05) is 44.2 Å². The van der Waals surface area contributed by atoms with Gasteiger partial charge in [-0.2, -0.15) is 0 Å². The van der Waals surface area contributed by atoms with Gasteiger partial charge >= 0.3 is 6.09 Å². The van der Waals surface area contributed by atoms with Crippen LogP contribution in [0.25, 0.3) is 0 Å². The molecular weight excluding hydrogens is 318 g/mol. The van der Waals surface area contributed by atoms with Crippen LogP contribution < -0.4 is 16.4 Å². The number of nitrogens with two attached hydrogens (primary N) is 1. The van der Waals surface area contributed by atoms with E-state index < -0.39 is 12.1 Å². The number of benzene rings is 1. The maximum Gasteiger partial charge on any atom is 0.407 e. The SMILES string of the molecule is CC(C)[C@H](N)C(=O)N[C@@H]1CCCC[C@@H]1NC(=O)OCc1ccccc1. The summed E-state index contributed by atoms with van der Waals surface area (Å²) in [5, 5.41) is 5.89. The Kier molecular flexibility index (Phi) is 7.25. The summed E-state index contributed by atoms with van der Waals surface area (Å²) in [6, 6.07) is 8.78. The van der Waals surface area contributed by atoms with Gasteiger partial charge in [0.25, 0.3) is 0 Å². The van der Waals surface area contributed by atoms with Crippen LogP contribution in [0.3, 0.4) is 0 Å². The van der Waals surface area contributed by atoms with Gasteiger partial charge in [0.2, 0.25) is 5.91 Å². The fourth-order valence-corrected chi connectivity index (χ4v) is 2.97. The summed E-state index contributed by atoms with van der Waals surface area (Å²) in [4.78, 5) is 24.3. The van der Waals surface area contributed by atoms with Crippen LogP contribution in [0.4, 0.5) is 4.79 Å². The van der Waals surface area contributed by atoms with Crippen LogP contribution in [-0.4, -0.2) is 30.1 Å². The second kappa shape index (κ2) is 9.42. The second-order valence-electron chi connectivity index (χ2n) is 6.98. The highest BCUT2D eigenvalue weighted by Gasteiger charge is 2.30. The fraction of sp³-hybridized carbons (Fsp3) is 0.579. The Labute approximate surface area is 149 Å². The van der Waals surface area contributed by atoms with E-state index in [1.54, 1.807) is 0 Å². The third-order valence-corrected chi connectivity index (χ3v) is 4.63. The zero-order valence-corrected chi connectivity index (χ0v) is 15.0. The van der Waals surface area contributed by atoms with Crippen molar-refractivity contribution in [3.63, 3.8) is 0 Å². The zero-order chi connectivity index (χ0) is 18.2. The molecule has 6 nitrogen and oxygen atoms in total. The molecule has 0 aliphatic heterocycles. The Morgan fingerprint density at radius 3 is 2.32 bits per heavy atom. The largest absolute Gasteiger partial charge is 0.445 e. The molecule has 4 N–H and O–H groups in total. The molecular formula is C19H29N3O3. The summed E-state index contributed by atoms with van der Waals surface area (Å²) in [6.07, 6.45) is 3.25. The molecule has 6 heteroatoms. The van der Waals surface area contributed by atoms with Crippen LogP contribution in [0.15, 0.2) is 30.3 Å². The molecule has 1 saturated carbocycles. The maximum atomic E-state index is 12.2. The highest BCUT2D eigenvalue weighted by molar-refractivity contribution is 5.82. The van der Waals surface area contributed by atoms with E-state index in [0.717, 1.165) is 31.2 Å². The van der Waals surface area contributed by atoms with Crippen molar-refractivity contribution >= 4 is 12.0 Å². The molecule has 2 amide bonds. The zero-order valence-electron chi connectivity index (χ0n) is 15.0. The molecule has 0 unspecified atom stereocenters. The lowest BCUT2D eigenvalue weighted by Crippen LogP contribution is -2.56. The Balaban J connectivity index is 1.85. The number of hydrogen-bond acceptors (Lipinski definition) is 4. The van der Waals surface area contributed by atoms with Crippen LogP contribution in [-0.2, 0) is 16.1 Å². The molecule has 2 rings (SSSR count). The summed E-state index contributed by atoms with van der Waals surface area (Å²) in [5.74, 6) is -0.0859. The van der Waals surface area contributed by atoms with Gasteiger partial charge < -0.3 is 21.1 Å². The van der Waals surface area contributed by atoms with E-state index in [9.17, 15) is 9.59 Å². The van der Waals surface area contributed by atoms with Crippen molar-refractivity contribution in [2.45, 2.75) is 64.3 Å². The minimum absolute atomic E-state index is 0.0748. The van der Waals surface area contributed by atoms with Crippen molar-refractivity contribution in [2.75, 3.05) is 0 Å². The maximum absolute atomic E-state index is 12.2. The molecule has 25 heavy (non-hydrogen) atoms. The molecule has 0 aromatic heterocycles. The average molecular weight is 347 g/mol.